The van der Waals surface area contributed by atoms with E-state index in [4.69, 9.17) is 0 Å². The quantitative estimate of drug-likeness (QED) is 0.872. The minimum Gasteiger partial charge on any atom is -0.393 e. The van der Waals surface area contributed by atoms with E-state index in [0.29, 0.717) is 31.5 Å². The standard InChI is InChI=1S/C13H16FNO2/c1-9(16)6-7-15-12-8-11(14)4-2-10(12)3-5-13(15)17/h2,4,8-9,16H,3,5-7H2,1H3. The summed E-state index contributed by atoms with van der Waals surface area (Å²) in [5, 5.41) is 9.26. The maximum atomic E-state index is 13.2. The molecule has 2 rings (SSSR count). The highest BCUT2D eigenvalue weighted by Crippen LogP contribution is 2.28. The third kappa shape index (κ3) is 2.64. The lowest BCUT2D eigenvalue weighted by atomic mass is 10.0. The average molecular weight is 237 g/mol. The van der Waals surface area contributed by atoms with Gasteiger partial charge in [-0.15, -0.1) is 0 Å². The number of aliphatic hydroxyl groups is 1. The van der Waals surface area contributed by atoms with E-state index < -0.39 is 6.10 Å². The van der Waals surface area contributed by atoms with Crippen molar-refractivity contribution in [3.05, 3.63) is 29.6 Å². The molecule has 0 aromatic heterocycles. The van der Waals surface area contributed by atoms with Gasteiger partial charge in [0.2, 0.25) is 5.91 Å². The maximum absolute atomic E-state index is 13.2. The lowest BCUT2D eigenvalue weighted by molar-refractivity contribution is -0.118. The van der Waals surface area contributed by atoms with Crippen LogP contribution in [-0.4, -0.2) is 23.7 Å². The van der Waals surface area contributed by atoms with E-state index in [1.54, 1.807) is 17.9 Å². The summed E-state index contributed by atoms with van der Waals surface area (Å²) < 4.78 is 13.2. The van der Waals surface area contributed by atoms with Gasteiger partial charge in [0.15, 0.2) is 0 Å². The first-order valence-electron chi connectivity index (χ1n) is 5.85. The number of halogens is 1. The number of hydrogen-bond acceptors (Lipinski definition) is 2. The van der Waals surface area contributed by atoms with Crippen LogP contribution in [0.2, 0.25) is 0 Å². The molecule has 0 saturated heterocycles. The summed E-state index contributed by atoms with van der Waals surface area (Å²) in [6, 6.07) is 4.54. The zero-order chi connectivity index (χ0) is 12.4. The zero-order valence-corrected chi connectivity index (χ0v) is 9.82. The van der Waals surface area contributed by atoms with E-state index in [9.17, 15) is 14.3 Å². The van der Waals surface area contributed by atoms with Gasteiger partial charge in [-0.1, -0.05) is 6.07 Å². The molecule has 0 spiro atoms. The second-order valence-electron chi connectivity index (χ2n) is 4.46. The van der Waals surface area contributed by atoms with Crippen molar-refractivity contribution < 1.29 is 14.3 Å². The largest absolute Gasteiger partial charge is 0.393 e. The number of benzene rings is 1. The van der Waals surface area contributed by atoms with Gasteiger partial charge in [-0.05, 0) is 37.5 Å². The maximum Gasteiger partial charge on any atom is 0.227 e. The van der Waals surface area contributed by atoms with Crippen molar-refractivity contribution in [2.45, 2.75) is 32.3 Å². The number of carbonyl (C=O) groups is 1. The van der Waals surface area contributed by atoms with Crippen LogP contribution in [0.1, 0.15) is 25.3 Å². The van der Waals surface area contributed by atoms with E-state index in [1.165, 1.54) is 12.1 Å². The molecule has 1 aliphatic heterocycles. The Morgan fingerprint density at radius 1 is 1.47 bits per heavy atom. The van der Waals surface area contributed by atoms with Gasteiger partial charge in [0, 0.05) is 18.7 Å². The van der Waals surface area contributed by atoms with E-state index in [0.717, 1.165) is 5.56 Å². The Hall–Kier alpha value is -1.42. The summed E-state index contributed by atoms with van der Waals surface area (Å²) in [7, 11) is 0. The van der Waals surface area contributed by atoms with Crippen molar-refractivity contribution in [2.24, 2.45) is 0 Å². The number of aliphatic hydroxyl groups excluding tert-OH is 1. The van der Waals surface area contributed by atoms with E-state index in [1.807, 2.05) is 0 Å². The third-order valence-electron chi connectivity index (χ3n) is 3.02. The Morgan fingerprint density at radius 2 is 2.24 bits per heavy atom. The van der Waals surface area contributed by atoms with Crippen molar-refractivity contribution in [2.75, 3.05) is 11.4 Å². The molecule has 17 heavy (non-hydrogen) atoms. The summed E-state index contributed by atoms with van der Waals surface area (Å²) in [6.45, 7) is 2.12. The van der Waals surface area contributed by atoms with Crippen LogP contribution in [0.3, 0.4) is 0 Å². The fraction of sp³-hybridized carbons (Fsp3) is 0.462. The van der Waals surface area contributed by atoms with Crippen LogP contribution in [0, 0.1) is 5.82 Å². The van der Waals surface area contributed by atoms with Gasteiger partial charge >= 0.3 is 0 Å². The van der Waals surface area contributed by atoms with Gasteiger partial charge in [-0.3, -0.25) is 4.79 Å². The Labute approximate surface area is 99.9 Å². The van der Waals surface area contributed by atoms with Crippen LogP contribution in [-0.2, 0) is 11.2 Å². The molecule has 1 N–H and O–H groups in total. The van der Waals surface area contributed by atoms with Gasteiger partial charge in [0.25, 0.3) is 0 Å². The third-order valence-corrected chi connectivity index (χ3v) is 3.02. The van der Waals surface area contributed by atoms with Gasteiger partial charge in [-0.2, -0.15) is 0 Å². The van der Waals surface area contributed by atoms with Gasteiger partial charge < -0.3 is 10.0 Å². The second-order valence-corrected chi connectivity index (χ2v) is 4.46. The molecule has 1 aromatic rings. The number of anilines is 1. The molecule has 0 bridgehead atoms. The smallest absolute Gasteiger partial charge is 0.227 e. The van der Waals surface area contributed by atoms with Crippen molar-refractivity contribution >= 4 is 11.6 Å². The van der Waals surface area contributed by atoms with E-state index >= 15 is 0 Å². The molecule has 1 aromatic carbocycles. The Morgan fingerprint density at radius 3 is 2.94 bits per heavy atom. The normalized spacial score (nSPS) is 16.9. The van der Waals surface area contributed by atoms with E-state index in [2.05, 4.69) is 0 Å². The molecule has 1 unspecified atom stereocenters. The number of rotatable bonds is 3. The van der Waals surface area contributed by atoms with Crippen LogP contribution in [0.4, 0.5) is 10.1 Å². The molecular formula is C13H16FNO2. The summed E-state index contributed by atoms with van der Waals surface area (Å²) in [6.07, 6.45) is 1.17. The van der Waals surface area contributed by atoms with Gasteiger partial charge in [0.05, 0.1) is 6.10 Å². The molecule has 4 heteroatoms. The molecule has 1 aliphatic rings. The molecule has 0 radical (unpaired) electrons. The number of nitrogens with zero attached hydrogens (tertiary/aromatic N) is 1. The van der Waals surface area contributed by atoms with Crippen molar-refractivity contribution in [1.29, 1.82) is 0 Å². The minimum atomic E-state index is -0.457. The van der Waals surface area contributed by atoms with Gasteiger partial charge in [-0.25, -0.2) is 4.39 Å². The molecule has 1 atom stereocenters. The topological polar surface area (TPSA) is 40.5 Å². The number of amides is 1. The fourth-order valence-electron chi connectivity index (χ4n) is 2.07. The fourth-order valence-corrected chi connectivity index (χ4v) is 2.07. The lowest BCUT2D eigenvalue weighted by Gasteiger charge is -2.29. The first kappa shape index (κ1) is 12.0. The zero-order valence-electron chi connectivity index (χ0n) is 9.82. The molecule has 0 saturated carbocycles. The lowest BCUT2D eigenvalue weighted by Crippen LogP contribution is -2.37. The highest BCUT2D eigenvalue weighted by molar-refractivity contribution is 5.96. The predicted molar refractivity (Wildman–Crippen MR) is 63.4 cm³/mol. The molecule has 1 amide bonds. The summed E-state index contributed by atoms with van der Waals surface area (Å²) >= 11 is 0. The van der Waals surface area contributed by atoms with Crippen LogP contribution in [0.25, 0.3) is 0 Å². The number of carbonyl (C=O) groups excluding carboxylic acids is 1. The van der Waals surface area contributed by atoms with Crippen molar-refractivity contribution in [3.8, 4) is 0 Å². The number of fused-ring (bicyclic) bond motifs is 1. The molecule has 1 heterocycles. The highest BCUT2D eigenvalue weighted by Gasteiger charge is 2.24. The van der Waals surface area contributed by atoms with Crippen molar-refractivity contribution in [1.82, 2.24) is 0 Å². The Balaban J connectivity index is 2.26. The molecule has 0 aliphatic carbocycles. The predicted octanol–water partition coefficient (Wildman–Crippen LogP) is 1.88. The molecule has 92 valence electrons. The highest BCUT2D eigenvalue weighted by atomic mass is 19.1. The van der Waals surface area contributed by atoms with Crippen LogP contribution >= 0.6 is 0 Å². The monoisotopic (exact) mass is 237 g/mol. The SMILES string of the molecule is CC(O)CCN1C(=O)CCc2ccc(F)cc21. The molecule has 0 fully saturated rings. The molecule has 3 nitrogen and oxygen atoms in total. The Kier molecular flexibility index (Phi) is 3.43. The van der Waals surface area contributed by atoms with E-state index in [-0.39, 0.29) is 11.7 Å². The van der Waals surface area contributed by atoms with Crippen LogP contribution < -0.4 is 4.90 Å². The minimum absolute atomic E-state index is 0.00347. The first-order valence-corrected chi connectivity index (χ1v) is 5.85. The summed E-state index contributed by atoms with van der Waals surface area (Å²) in [5.74, 6) is -0.329. The van der Waals surface area contributed by atoms with Gasteiger partial charge in [0.1, 0.15) is 5.82 Å². The number of aryl methyl sites for hydroxylation is 1. The Bertz CT molecular complexity index is 431. The second kappa shape index (κ2) is 4.84. The average Bonchev–Trinajstić information content (AvgIpc) is 2.27. The first-order chi connectivity index (χ1) is 8.08. The summed E-state index contributed by atoms with van der Waals surface area (Å²) in [4.78, 5) is 13.4. The van der Waals surface area contributed by atoms with Crippen molar-refractivity contribution in [3.63, 3.8) is 0 Å². The number of hydrogen-bond donors (Lipinski definition) is 1. The molecular weight excluding hydrogens is 221 g/mol. The van der Waals surface area contributed by atoms with Crippen LogP contribution in [0.15, 0.2) is 18.2 Å². The van der Waals surface area contributed by atoms with Crippen LogP contribution in [0.5, 0.6) is 0 Å². The summed E-state index contributed by atoms with van der Waals surface area (Å²) in [5.41, 5.74) is 1.65.